The van der Waals surface area contributed by atoms with Gasteiger partial charge in [-0.15, -0.1) is 0 Å². The van der Waals surface area contributed by atoms with Gasteiger partial charge >= 0.3 is 0 Å². The van der Waals surface area contributed by atoms with Gasteiger partial charge in [0.05, 0.1) is 23.2 Å². The summed E-state index contributed by atoms with van der Waals surface area (Å²) in [7, 11) is -1.91. The molecule has 1 fully saturated rings. The Balaban J connectivity index is 1.87. The smallest absolute Gasteiger partial charge is 0.274 e. The minimum Gasteiger partial charge on any atom is -0.492 e. The van der Waals surface area contributed by atoms with Gasteiger partial charge in [0.1, 0.15) is 11.3 Å². The zero-order chi connectivity index (χ0) is 21.0. The lowest BCUT2D eigenvalue weighted by Crippen LogP contribution is -2.16. The second kappa shape index (κ2) is 6.69. The van der Waals surface area contributed by atoms with Crippen molar-refractivity contribution in [3.63, 3.8) is 0 Å². The number of alkyl halides is 2. The number of rotatable bonds is 6. The van der Waals surface area contributed by atoms with E-state index in [1.54, 1.807) is 32.4 Å². The van der Waals surface area contributed by atoms with Gasteiger partial charge in [-0.3, -0.25) is 4.79 Å². The molecule has 4 rings (SSSR count). The van der Waals surface area contributed by atoms with E-state index in [0.29, 0.717) is 27.8 Å². The van der Waals surface area contributed by atoms with Crippen LogP contribution in [0.2, 0.25) is 0 Å². The van der Waals surface area contributed by atoms with Gasteiger partial charge in [-0.2, -0.15) is 0 Å². The fourth-order valence-corrected chi connectivity index (χ4v) is 4.24. The number of halogens is 2. The molecular weight excluding hydrogens is 402 g/mol. The van der Waals surface area contributed by atoms with E-state index in [1.165, 1.54) is 22.8 Å². The molecule has 154 valence electrons. The molecule has 0 radical (unpaired) electrons. The Kier molecular flexibility index (Phi) is 4.53. The molecule has 1 unspecified atom stereocenters. The van der Waals surface area contributed by atoms with E-state index in [0.717, 1.165) is 0 Å². The molecule has 1 aromatic carbocycles. The zero-order valence-corrected chi connectivity index (χ0v) is 16.7. The number of H-pyrrole nitrogens is 1. The molecule has 2 aromatic heterocycles. The van der Waals surface area contributed by atoms with Crippen LogP contribution in [0, 0.1) is 5.92 Å². The number of aryl methyl sites for hydroxylation is 1. The fraction of sp³-hybridized carbons (Fsp3) is 0.350. The molecule has 1 aliphatic rings. The van der Waals surface area contributed by atoms with Crippen LogP contribution < -0.4 is 10.3 Å². The number of benzene rings is 1. The number of pyridine rings is 1. The third-order valence-corrected chi connectivity index (χ3v) is 7.00. The van der Waals surface area contributed by atoms with Crippen LogP contribution >= 0.6 is 0 Å². The quantitative estimate of drug-likeness (QED) is 0.661. The molecule has 1 atom stereocenters. The van der Waals surface area contributed by atoms with Gasteiger partial charge in [0.2, 0.25) is 0 Å². The fourth-order valence-electron chi connectivity index (χ4n) is 3.33. The summed E-state index contributed by atoms with van der Waals surface area (Å²) in [5, 5.41) is 0.598. The normalized spacial score (nSPS) is 18.1. The first-order valence-electron chi connectivity index (χ1n) is 9.18. The highest BCUT2D eigenvalue weighted by molar-refractivity contribution is 7.91. The summed E-state index contributed by atoms with van der Waals surface area (Å²) in [4.78, 5) is 15.3. The Morgan fingerprint density at radius 2 is 2.00 bits per heavy atom. The monoisotopic (exact) mass is 422 g/mol. The largest absolute Gasteiger partial charge is 0.492 e. The minimum absolute atomic E-state index is 0.0756. The minimum atomic E-state index is -3.49. The molecule has 1 saturated carbocycles. The van der Waals surface area contributed by atoms with Crippen LogP contribution in [0.5, 0.6) is 5.75 Å². The molecule has 1 aliphatic carbocycles. The topological polar surface area (TPSA) is 81.2 Å². The second-order valence-corrected chi connectivity index (χ2v) is 9.54. The summed E-state index contributed by atoms with van der Waals surface area (Å²) < 4.78 is 58.3. The van der Waals surface area contributed by atoms with Crippen LogP contribution in [0.25, 0.3) is 22.0 Å². The summed E-state index contributed by atoms with van der Waals surface area (Å²) in [5.41, 5.74) is 1.15. The average Bonchev–Trinajstić information content (AvgIpc) is 3.06. The molecule has 29 heavy (non-hydrogen) atoms. The van der Waals surface area contributed by atoms with E-state index in [4.69, 9.17) is 4.74 Å². The molecule has 3 aromatic rings. The van der Waals surface area contributed by atoms with Gasteiger partial charge in [-0.1, -0.05) is 6.92 Å². The summed E-state index contributed by atoms with van der Waals surface area (Å²) >= 11 is 0. The Bertz CT molecular complexity index is 1260. The molecule has 0 aliphatic heterocycles. The number of hydrogen-bond acceptors (Lipinski definition) is 4. The molecule has 2 heterocycles. The lowest BCUT2D eigenvalue weighted by Gasteiger charge is -2.15. The van der Waals surface area contributed by atoms with E-state index in [-0.39, 0.29) is 29.2 Å². The summed E-state index contributed by atoms with van der Waals surface area (Å²) in [6.45, 7) is 1.38. The lowest BCUT2D eigenvalue weighted by molar-refractivity contribution is 0.0857. The second-order valence-electron chi connectivity index (χ2n) is 7.26. The number of nitrogens with zero attached hydrogens (tertiary/aromatic N) is 1. The Morgan fingerprint density at radius 1 is 1.28 bits per heavy atom. The highest BCUT2D eigenvalue weighted by Crippen LogP contribution is 2.49. The van der Waals surface area contributed by atoms with Gasteiger partial charge in [0.25, 0.3) is 11.5 Å². The van der Waals surface area contributed by atoms with Gasteiger partial charge in [-0.05, 0) is 24.3 Å². The van der Waals surface area contributed by atoms with E-state index < -0.39 is 21.7 Å². The third-order valence-electron chi connectivity index (χ3n) is 5.27. The highest BCUT2D eigenvalue weighted by Gasteiger charge is 2.57. The molecule has 9 heteroatoms. The number of sulfone groups is 1. The van der Waals surface area contributed by atoms with Crippen LogP contribution in [0.4, 0.5) is 8.78 Å². The Hall–Kier alpha value is -2.68. The standard InChI is InChI=1S/C20H20F2N2O4S/c1-3-29(26,27)13-4-5-17(28-11-12-9-20(12,21)22)15(8-13)16-10-24(2)19(25)18-14(16)6-7-23-18/h4-8,10,12,23H,3,9,11H2,1-2H3. The third kappa shape index (κ3) is 3.43. The summed E-state index contributed by atoms with van der Waals surface area (Å²) in [6, 6.07) is 6.10. The Morgan fingerprint density at radius 3 is 2.66 bits per heavy atom. The number of aromatic nitrogens is 2. The average molecular weight is 422 g/mol. The van der Waals surface area contributed by atoms with Gasteiger partial charge in [0, 0.05) is 42.4 Å². The van der Waals surface area contributed by atoms with Gasteiger partial charge < -0.3 is 14.3 Å². The Labute approximate surface area is 166 Å². The first kappa shape index (κ1) is 19.6. The van der Waals surface area contributed by atoms with E-state index in [2.05, 4.69) is 4.98 Å². The van der Waals surface area contributed by atoms with Crippen molar-refractivity contribution in [3.8, 4) is 16.9 Å². The van der Waals surface area contributed by atoms with E-state index in [1.807, 2.05) is 0 Å². The molecule has 6 nitrogen and oxygen atoms in total. The van der Waals surface area contributed by atoms with Crippen LogP contribution in [0.1, 0.15) is 13.3 Å². The number of ether oxygens (including phenoxy) is 1. The van der Waals surface area contributed by atoms with Crippen molar-refractivity contribution in [1.29, 1.82) is 0 Å². The molecular formula is C20H20F2N2O4S. The number of aromatic amines is 1. The maximum Gasteiger partial charge on any atom is 0.274 e. The van der Waals surface area contributed by atoms with Crippen molar-refractivity contribution >= 4 is 20.7 Å². The van der Waals surface area contributed by atoms with Gasteiger partial charge in [0.15, 0.2) is 9.84 Å². The van der Waals surface area contributed by atoms with Crippen molar-refractivity contribution in [3.05, 3.63) is 47.0 Å². The van der Waals surface area contributed by atoms with Crippen LogP contribution in [-0.2, 0) is 16.9 Å². The number of nitrogens with one attached hydrogen (secondary N) is 1. The van der Waals surface area contributed by atoms with Crippen LogP contribution in [0.15, 0.2) is 46.3 Å². The summed E-state index contributed by atoms with van der Waals surface area (Å²) in [6.07, 6.45) is 2.99. The van der Waals surface area contributed by atoms with E-state index >= 15 is 0 Å². The number of hydrogen-bond donors (Lipinski definition) is 1. The molecule has 0 spiro atoms. The predicted molar refractivity (Wildman–Crippen MR) is 105 cm³/mol. The predicted octanol–water partition coefficient (Wildman–Crippen LogP) is 3.36. The van der Waals surface area contributed by atoms with Crippen molar-refractivity contribution < 1.29 is 21.9 Å². The zero-order valence-electron chi connectivity index (χ0n) is 15.9. The lowest BCUT2D eigenvalue weighted by atomic mass is 10.0. The van der Waals surface area contributed by atoms with Crippen LogP contribution in [0.3, 0.4) is 0 Å². The molecule has 0 bridgehead atoms. The maximum atomic E-state index is 13.3. The highest BCUT2D eigenvalue weighted by atomic mass is 32.2. The van der Waals surface area contributed by atoms with Crippen molar-refractivity contribution in [2.45, 2.75) is 24.2 Å². The SMILES string of the molecule is CCS(=O)(=O)c1ccc(OCC2CC2(F)F)c(-c2cn(C)c(=O)c3[nH]ccc23)c1. The molecule has 1 N–H and O–H groups in total. The maximum absolute atomic E-state index is 13.3. The summed E-state index contributed by atoms with van der Waals surface area (Å²) in [5.74, 6) is -3.34. The molecule has 0 amide bonds. The van der Waals surface area contributed by atoms with E-state index in [9.17, 15) is 22.0 Å². The van der Waals surface area contributed by atoms with Crippen LogP contribution in [-0.4, -0.2) is 36.3 Å². The first-order valence-corrected chi connectivity index (χ1v) is 10.8. The first-order chi connectivity index (χ1) is 13.6. The number of fused-ring (bicyclic) bond motifs is 1. The van der Waals surface area contributed by atoms with Crippen molar-refractivity contribution in [2.24, 2.45) is 13.0 Å². The van der Waals surface area contributed by atoms with Gasteiger partial charge in [-0.25, -0.2) is 17.2 Å². The van der Waals surface area contributed by atoms with Crippen molar-refractivity contribution in [1.82, 2.24) is 9.55 Å². The van der Waals surface area contributed by atoms with Crippen molar-refractivity contribution in [2.75, 3.05) is 12.4 Å². The molecule has 0 saturated heterocycles.